The minimum absolute atomic E-state index is 0.336. The topological polar surface area (TPSA) is 73.6 Å². The molecule has 21 heavy (non-hydrogen) atoms. The van der Waals surface area contributed by atoms with E-state index in [0.717, 1.165) is 4.88 Å². The summed E-state index contributed by atoms with van der Waals surface area (Å²) in [7, 11) is 3.00. The van der Waals surface area contributed by atoms with Crippen molar-refractivity contribution in [3.8, 4) is 11.5 Å². The summed E-state index contributed by atoms with van der Waals surface area (Å²) in [5.74, 6) is 0.578. The van der Waals surface area contributed by atoms with Crippen LogP contribution in [-0.4, -0.2) is 20.1 Å². The van der Waals surface area contributed by atoms with Gasteiger partial charge in [-0.25, -0.2) is 0 Å². The van der Waals surface area contributed by atoms with E-state index in [-0.39, 0.29) is 5.91 Å². The maximum atomic E-state index is 12.2. The Kier molecular flexibility index (Phi) is 5.06. The molecule has 0 saturated heterocycles. The van der Waals surface area contributed by atoms with Crippen LogP contribution in [0.15, 0.2) is 29.6 Å². The number of hydrogen-bond acceptors (Lipinski definition) is 5. The van der Waals surface area contributed by atoms with Crippen LogP contribution in [0.4, 0.5) is 5.69 Å². The van der Waals surface area contributed by atoms with Gasteiger partial charge in [0.15, 0.2) is 0 Å². The zero-order valence-corrected chi connectivity index (χ0v) is 13.1. The van der Waals surface area contributed by atoms with E-state index in [1.54, 1.807) is 12.1 Å². The number of halogens is 1. The molecule has 0 saturated carbocycles. The fourth-order valence-electron chi connectivity index (χ4n) is 1.77. The first-order valence-corrected chi connectivity index (χ1v) is 7.34. The predicted molar refractivity (Wildman–Crippen MR) is 84.4 cm³/mol. The average Bonchev–Trinajstić information content (AvgIpc) is 3.00. The van der Waals surface area contributed by atoms with Crippen LogP contribution in [0.3, 0.4) is 0 Å². The van der Waals surface area contributed by atoms with Crippen molar-refractivity contribution in [3.63, 3.8) is 0 Å². The molecule has 2 aromatic rings. The van der Waals surface area contributed by atoms with Gasteiger partial charge < -0.3 is 20.5 Å². The zero-order chi connectivity index (χ0) is 15.4. The molecule has 7 heteroatoms. The first-order chi connectivity index (χ1) is 10.1. The molecule has 112 valence electrons. The van der Waals surface area contributed by atoms with Crippen molar-refractivity contribution in [2.75, 3.05) is 19.5 Å². The third-order valence-corrected chi connectivity index (χ3v) is 4.11. The second kappa shape index (κ2) is 6.80. The van der Waals surface area contributed by atoms with Gasteiger partial charge in [0.1, 0.15) is 17.5 Å². The Hall–Kier alpha value is -1.76. The van der Waals surface area contributed by atoms with Gasteiger partial charge in [-0.05, 0) is 17.5 Å². The van der Waals surface area contributed by atoms with E-state index in [4.69, 9.17) is 26.8 Å². The molecule has 0 spiro atoms. The van der Waals surface area contributed by atoms with Crippen molar-refractivity contribution in [2.24, 2.45) is 5.73 Å². The van der Waals surface area contributed by atoms with Crippen molar-refractivity contribution in [3.05, 3.63) is 39.5 Å². The molecule has 0 aliphatic carbocycles. The summed E-state index contributed by atoms with van der Waals surface area (Å²) in [5, 5.41) is 4.96. The van der Waals surface area contributed by atoms with Gasteiger partial charge in [0, 0.05) is 10.9 Å². The molecule has 0 aliphatic rings. The summed E-state index contributed by atoms with van der Waals surface area (Å²) in [6, 6.07) is 6.09. The van der Waals surface area contributed by atoms with Crippen LogP contribution >= 0.6 is 22.9 Å². The summed E-state index contributed by atoms with van der Waals surface area (Å²) < 4.78 is 10.3. The number of thiophene rings is 1. The Morgan fingerprint density at radius 1 is 1.33 bits per heavy atom. The summed E-state index contributed by atoms with van der Waals surface area (Å²) in [5.41, 5.74) is 6.36. The van der Waals surface area contributed by atoms with Gasteiger partial charge in [0.2, 0.25) is 5.91 Å². The van der Waals surface area contributed by atoms with Crippen LogP contribution in [0.25, 0.3) is 0 Å². The lowest BCUT2D eigenvalue weighted by molar-refractivity contribution is -0.117. The van der Waals surface area contributed by atoms with E-state index in [1.165, 1.54) is 25.6 Å². The minimum atomic E-state index is -0.740. The number of anilines is 1. The standard InChI is InChI=1S/C14H15ClN2O3S/c1-19-10-7-11(20-2)9(6-8(10)15)17-14(18)13(16)12-4-3-5-21-12/h3-7,13H,16H2,1-2H3,(H,17,18). The molecular weight excluding hydrogens is 312 g/mol. The van der Waals surface area contributed by atoms with Gasteiger partial charge in [0.25, 0.3) is 0 Å². The lowest BCUT2D eigenvalue weighted by Crippen LogP contribution is -2.27. The highest BCUT2D eigenvalue weighted by Crippen LogP contribution is 2.36. The molecule has 1 atom stereocenters. The Labute approximate surface area is 131 Å². The van der Waals surface area contributed by atoms with Gasteiger partial charge in [-0.1, -0.05) is 17.7 Å². The summed E-state index contributed by atoms with van der Waals surface area (Å²) in [6.07, 6.45) is 0. The Morgan fingerprint density at radius 3 is 2.62 bits per heavy atom. The second-order valence-corrected chi connectivity index (χ2v) is 5.56. The van der Waals surface area contributed by atoms with E-state index in [1.807, 2.05) is 17.5 Å². The van der Waals surface area contributed by atoms with Crippen LogP contribution in [0.5, 0.6) is 11.5 Å². The lowest BCUT2D eigenvalue weighted by Gasteiger charge is -2.15. The number of nitrogens with one attached hydrogen (secondary N) is 1. The highest BCUT2D eigenvalue weighted by atomic mass is 35.5. The normalized spacial score (nSPS) is 11.8. The molecule has 1 unspecified atom stereocenters. The molecular formula is C14H15ClN2O3S. The van der Waals surface area contributed by atoms with Crippen LogP contribution < -0.4 is 20.5 Å². The fourth-order valence-corrected chi connectivity index (χ4v) is 2.73. The Morgan fingerprint density at radius 2 is 2.05 bits per heavy atom. The first-order valence-electron chi connectivity index (χ1n) is 6.08. The maximum Gasteiger partial charge on any atom is 0.246 e. The van der Waals surface area contributed by atoms with E-state index in [9.17, 15) is 4.79 Å². The van der Waals surface area contributed by atoms with E-state index < -0.39 is 6.04 Å². The quantitative estimate of drug-likeness (QED) is 0.885. The highest BCUT2D eigenvalue weighted by Gasteiger charge is 2.19. The SMILES string of the molecule is COc1cc(OC)c(NC(=O)C(N)c2cccs2)cc1Cl. The molecule has 1 heterocycles. The highest BCUT2D eigenvalue weighted by molar-refractivity contribution is 7.10. The third kappa shape index (κ3) is 3.47. The number of ether oxygens (including phenoxy) is 2. The molecule has 0 aliphatic heterocycles. The van der Waals surface area contributed by atoms with Crippen molar-refractivity contribution < 1.29 is 14.3 Å². The molecule has 3 N–H and O–H groups in total. The van der Waals surface area contributed by atoms with Crippen molar-refractivity contribution in [1.82, 2.24) is 0 Å². The van der Waals surface area contributed by atoms with Crippen LogP contribution in [-0.2, 0) is 4.79 Å². The van der Waals surface area contributed by atoms with Crippen molar-refractivity contribution in [2.45, 2.75) is 6.04 Å². The molecule has 0 radical (unpaired) electrons. The molecule has 2 rings (SSSR count). The fraction of sp³-hybridized carbons (Fsp3) is 0.214. The molecule has 1 aromatic heterocycles. The lowest BCUT2D eigenvalue weighted by atomic mass is 10.2. The van der Waals surface area contributed by atoms with E-state index in [0.29, 0.717) is 22.2 Å². The number of hydrogen-bond donors (Lipinski definition) is 2. The summed E-state index contributed by atoms with van der Waals surface area (Å²) in [6.45, 7) is 0. The summed E-state index contributed by atoms with van der Waals surface area (Å²) >= 11 is 7.49. The number of amides is 1. The number of carbonyl (C=O) groups is 1. The number of methoxy groups -OCH3 is 2. The van der Waals surface area contributed by atoms with Crippen LogP contribution in [0, 0.1) is 0 Å². The van der Waals surface area contributed by atoms with Crippen molar-refractivity contribution >= 4 is 34.5 Å². The van der Waals surface area contributed by atoms with Crippen LogP contribution in [0.1, 0.15) is 10.9 Å². The van der Waals surface area contributed by atoms with Gasteiger partial charge in [-0.15, -0.1) is 11.3 Å². The van der Waals surface area contributed by atoms with Gasteiger partial charge in [0.05, 0.1) is 24.9 Å². The number of rotatable bonds is 5. The average molecular weight is 327 g/mol. The third-order valence-electron chi connectivity index (χ3n) is 2.86. The zero-order valence-electron chi connectivity index (χ0n) is 11.6. The van der Waals surface area contributed by atoms with E-state index >= 15 is 0 Å². The smallest absolute Gasteiger partial charge is 0.246 e. The molecule has 1 aromatic carbocycles. The van der Waals surface area contributed by atoms with Gasteiger partial charge in [-0.2, -0.15) is 0 Å². The van der Waals surface area contributed by atoms with Crippen molar-refractivity contribution in [1.29, 1.82) is 0 Å². The molecule has 0 bridgehead atoms. The second-order valence-electron chi connectivity index (χ2n) is 4.17. The first kappa shape index (κ1) is 15.6. The monoisotopic (exact) mass is 326 g/mol. The predicted octanol–water partition coefficient (Wildman–Crippen LogP) is 3.06. The minimum Gasteiger partial charge on any atom is -0.495 e. The Bertz CT molecular complexity index is 631. The number of benzene rings is 1. The van der Waals surface area contributed by atoms with Gasteiger partial charge in [-0.3, -0.25) is 4.79 Å². The summed E-state index contributed by atoms with van der Waals surface area (Å²) in [4.78, 5) is 13.0. The molecule has 5 nitrogen and oxygen atoms in total. The number of nitrogens with two attached hydrogens (primary N) is 1. The largest absolute Gasteiger partial charge is 0.495 e. The van der Waals surface area contributed by atoms with Gasteiger partial charge >= 0.3 is 0 Å². The Balaban J connectivity index is 2.22. The maximum absolute atomic E-state index is 12.2. The molecule has 0 fully saturated rings. The van der Waals surface area contributed by atoms with E-state index in [2.05, 4.69) is 5.32 Å². The molecule has 1 amide bonds. The number of carbonyl (C=O) groups excluding carboxylic acids is 1. The van der Waals surface area contributed by atoms with Crippen LogP contribution in [0.2, 0.25) is 5.02 Å².